The number of amides is 1. The summed E-state index contributed by atoms with van der Waals surface area (Å²) in [6.45, 7) is 1.25. The molecule has 1 aliphatic rings. The second-order valence-electron chi connectivity index (χ2n) is 7.23. The number of rotatable bonds is 11. The van der Waals surface area contributed by atoms with Crippen molar-refractivity contribution < 1.29 is 19.0 Å². The quantitative estimate of drug-likeness (QED) is 0.546. The smallest absolute Gasteiger partial charge is 0.253 e. The average molecular weight is 428 g/mol. The number of benzene rings is 2. The Kier molecular flexibility index (Phi) is 8.01. The monoisotopic (exact) mass is 427 g/mol. The summed E-state index contributed by atoms with van der Waals surface area (Å²) in [5.74, 6) is 4.05. The topological polar surface area (TPSA) is 56.8 Å². The first-order valence-corrected chi connectivity index (χ1v) is 10.4. The maximum atomic E-state index is 12.8. The lowest BCUT2D eigenvalue weighted by molar-refractivity contribution is -0.133. The number of carbonyl (C=O) groups is 1. The van der Waals surface area contributed by atoms with Crippen molar-refractivity contribution in [3.63, 3.8) is 0 Å². The van der Waals surface area contributed by atoms with E-state index in [2.05, 4.69) is 11.2 Å². The molecular weight excluding hydrogens is 402 g/mol. The summed E-state index contributed by atoms with van der Waals surface area (Å²) in [7, 11) is 1.58. The number of methoxy groups -OCH3 is 1. The molecule has 1 N–H and O–H groups in total. The lowest BCUT2D eigenvalue weighted by Gasteiger charge is -2.18. The zero-order valence-corrected chi connectivity index (χ0v) is 17.8. The maximum Gasteiger partial charge on any atom is 0.253 e. The molecule has 0 spiro atoms. The van der Waals surface area contributed by atoms with Gasteiger partial charge in [0.25, 0.3) is 5.91 Å². The Morgan fingerprint density at radius 1 is 1.23 bits per heavy atom. The fraction of sp³-hybridized carbons (Fsp3) is 0.375. The number of halogens is 1. The van der Waals surface area contributed by atoms with E-state index in [4.69, 9.17) is 32.2 Å². The van der Waals surface area contributed by atoms with E-state index in [9.17, 15) is 4.79 Å². The molecule has 0 bridgehead atoms. The fourth-order valence-corrected chi connectivity index (χ4v) is 3.13. The van der Waals surface area contributed by atoms with Gasteiger partial charge in [0.1, 0.15) is 6.61 Å². The van der Waals surface area contributed by atoms with Gasteiger partial charge in [0.2, 0.25) is 0 Å². The molecule has 0 aromatic heterocycles. The van der Waals surface area contributed by atoms with Crippen LogP contribution in [0.3, 0.4) is 0 Å². The van der Waals surface area contributed by atoms with Crippen molar-refractivity contribution >= 4 is 17.5 Å². The van der Waals surface area contributed by atoms with Crippen LogP contribution < -0.4 is 14.8 Å². The highest BCUT2D eigenvalue weighted by Gasteiger charge is 2.27. The number of hydrogen-bond donors (Lipinski definition) is 1. The minimum Gasteiger partial charge on any atom is -0.493 e. The van der Waals surface area contributed by atoms with E-state index >= 15 is 0 Å². The fourth-order valence-electron chi connectivity index (χ4n) is 3.01. The van der Waals surface area contributed by atoms with Crippen molar-refractivity contribution in [2.24, 2.45) is 5.92 Å². The molecular formula is C24H26ClNO4. The molecule has 2 aromatic rings. The van der Waals surface area contributed by atoms with E-state index in [0.717, 1.165) is 24.0 Å². The van der Waals surface area contributed by atoms with E-state index in [1.54, 1.807) is 19.2 Å². The van der Waals surface area contributed by atoms with Crippen LogP contribution in [0.2, 0.25) is 5.02 Å². The SMILES string of the molecule is C#CCOc1ccc(CCNC(=O)[C@@H](OCC2CC2)c2ccc(Cl)cc2)cc1OC. The molecule has 1 aliphatic carbocycles. The third-order valence-electron chi connectivity index (χ3n) is 4.86. The summed E-state index contributed by atoms with van der Waals surface area (Å²) in [6, 6.07) is 12.8. The Morgan fingerprint density at radius 2 is 2.00 bits per heavy atom. The largest absolute Gasteiger partial charge is 0.493 e. The van der Waals surface area contributed by atoms with Gasteiger partial charge < -0.3 is 19.5 Å². The van der Waals surface area contributed by atoms with Gasteiger partial charge in [0, 0.05) is 11.6 Å². The Labute approximate surface area is 182 Å². The van der Waals surface area contributed by atoms with E-state index in [-0.39, 0.29) is 12.5 Å². The number of terminal acetylenes is 1. The van der Waals surface area contributed by atoms with Crippen molar-refractivity contribution in [3.8, 4) is 23.8 Å². The molecule has 1 fully saturated rings. The van der Waals surface area contributed by atoms with Gasteiger partial charge in [-0.2, -0.15) is 0 Å². The molecule has 2 aromatic carbocycles. The highest BCUT2D eigenvalue weighted by atomic mass is 35.5. The Balaban J connectivity index is 1.58. The van der Waals surface area contributed by atoms with Crippen molar-refractivity contribution in [2.75, 3.05) is 26.9 Å². The summed E-state index contributed by atoms with van der Waals surface area (Å²) < 4.78 is 16.8. The molecule has 30 heavy (non-hydrogen) atoms. The van der Waals surface area contributed by atoms with Crippen LogP contribution in [0.25, 0.3) is 0 Å². The Morgan fingerprint density at radius 3 is 2.67 bits per heavy atom. The van der Waals surface area contributed by atoms with Crippen molar-refractivity contribution in [2.45, 2.75) is 25.4 Å². The molecule has 3 rings (SSSR count). The molecule has 5 nitrogen and oxygen atoms in total. The first-order chi connectivity index (χ1) is 14.6. The van der Waals surface area contributed by atoms with Gasteiger partial charge in [-0.25, -0.2) is 0 Å². The first kappa shape index (κ1) is 22.0. The van der Waals surface area contributed by atoms with Gasteiger partial charge in [0.15, 0.2) is 17.6 Å². The number of hydrogen-bond acceptors (Lipinski definition) is 4. The standard InChI is InChI=1S/C24H26ClNO4/c1-3-14-29-21-11-6-17(15-22(21)28-2)12-13-26-24(27)23(30-16-18-4-5-18)19-7-9-20(25)10-8-19/h1,6-11,15,18,23H,4-5,12-14,16H2,2H3,(H,26,27)/t23-/m0/s1. The molecule has 0 heterocycles. The van der Waals surface area contributed by atoms with Gasteiger partial charge in [-0.3, -0.25) is 4.79 Å². The summed E-state index contributed by atoms with van der Waals surface area (Å²) in [4.78, 5) is 12.8. The summed E-state index contributed by atoms with van der Waals surface area (Å²) in [5.41, 5.74) is 1.82. The van der Waals surface area contributed by atoms with Gasteiger partial charge >= 0.3 is 0 Å². The Hall–Kier alpha value is -2.68. The lowest BCUT2D eigenvalue weighted by Crippen LogP contribution is -2.32. The van der Waals surface area contributed by atoms with Crippen LogP contribution in [0.15, 0.2) is 42.5 Å². The van der Waals surface area contributed by atoms with Gasteiger partial charge in [0.05, 0.1) is 13.7 Å². The number of ether oxygens (including phenoxy) is 3. The second kappa shape index (κ2) is 10.9. The van der Waals surface area contributed by atoms with Gasteiger partial charge in [-0.05, 0) is 60.6 Å². The van der Waals surface area contributed by atoms with Crippen molar-refractivity contribution in [1.29, 1.82) is 0 Å². The number of carbonyl (C=O) groups excluding carboxylic acids is 1. The molecule has 1 amide bonds. The van der Waals surface area contributed by atoms with Crippen LogP contribution in [-0.2, 0) is 16.0 Å². The molecule has 6 heteroatoms. The third-order valence-corrected chi connectivity index (χ3v) is 5.11. The van der Waals surface area contributed by atoms with Crippen LogP contribution in [-0.4, -0.2) is 32.8 Å². The Bertz CT molecular complexity index is 887. The first-order valence-electron chi connectivity index (χ1n) is 9.98. The van der Waals surface area contributed by atoms with E-state index in [1.807, 2.05) is 30.3 Å². The second-order valence-corrected chi connectivity index (χ2v) is 7.66. The van der Waals surface area contributed by atoms with Crippen LogP contribution >= 0.6 is 11.6 Å². The highest BCUT2D eigenvalue weighted by Crippen LogP contribution is 2.31. The predicted molar refractivity (Wildman–Crippen MR) is 117 cm³/mol. The predicted octanol–water partition coefficient (Wildman–Crippen LogP) is 4.19. The van der Waals surface area contributed by atoms with Crippen LogP contribution in [0.4, 0.5) is 0 Å². The molecule has 1 atom stereocenters. The zero-order chi connectivity index (χ0) is 21.3. The molecule has 0 radical (unpaired) electrons. The molecule has 0 aliphatic heterocycles. The summed E-state index contributed by atoms with van der Waals surface area (Å²) in [5, 5.41) is 3.61. The molecule has 158 valence electrons. The minimum atomic E-state index is -0.642. The molecule has 0 unspecified atom stereocenters. The minimum absolute atomic E-state index is 0.154. The van der Waals surface area contributed by atoms with Crippen LogP contribution in [0.1, 0.15) is 30.1 Å². The van der Waals surface area contributed by atoms with E-state index in [0.29, 0.717) is 42.0 Å². The van der Waals surface area contributed by atoms with Crippen LogP contribution in [0.5, 0.6) is 11.5 Å². The highest BCUT2D eigenvalue weighted by molar-refractivity contribution is 6.30. The average Bonchev–Trinajstić information content (AvgIpc) is 3.58. The molecule has 1 saturated carbocycles. The zero-order valence-electron chi connectivity index (χ0n) is 17.0. The molecule has 0 saturated heterocycles. The normalized spacial score (nSPS) is 13.9. The summed E-state index contributed by atoms with van der Waals surface area (Å²) >= 11 is 5.98. The third kappa shape index (κ3) is 6.41. The van der Waals surface area contributed by atoms with Gasteiger partial charge in [-0.15, -0.1) is 6.42 Å². The summed E-state index contributed by atoms with van der Waals surface area (Å²) in [6.07, 6.45) is 7.57. The van der Waals surface area contributed by atoms with Crippen molar-refractivity contribution in [3.05, 3.63) is 58.6 Å². The van der Waals surface area contributed by atoms with E-state index < -0.39 is 6.10 Å². The number of nitrogens with one attached hydrogen (secondary N) is 1. The van der Waals surface area contributed by atoms with Crippen LogP contribution in [0, 0.1) is 18.3 Å². The van der Waals surface area contributed by atoms with Crippen molar-refractivity contribution in [1.82, 2.24) is 5.32 Å². The van der Waals surface area contributed by atoms with Gasteiger partial charge in [-0.1, -0.05) is 35.7 Å². The van der Waals surface area contributed by atoms with E-state index in [1.165, 1.54) is 0 Å². The lowest BCUT2D eigenvalue weighted by atomic mass is 10.1. The maximum absolute atomic E-state index is 12.8.